The second-order valence-electron chi connectivity index (χ2n) is 4.71. The van der Waals surface area contributed by atoms with E-state index < -0.39 is 0 Å². The van der Waals surface area contributed by atoms with Crippen LogP contribution in [0.4, 0.5) is 5.69 Å². The fourth-order valence-electron chi connectivity index (χ4n) is 2.43. The van der Waals surface area contributed by atoms with Gasteiger partial charge in [-0.3, -0.25) is 4.68 Å². The summed E-state index contributed by atoms with van der Waals surface area (Å²) in [5.41, 5.74) is 3.81. The van der Waals surface area contributed by atoms with Crippen LogP contribution in [0.1, 0.15) is 11.3 Å². The van der Waals surface area contributed by atoms with Crippen LogP contribution in [0.3, 0.4) is 0 Å². The first-order valence-corrected chi connectivity index (χ1v) is 6.35. The smallest absolute Gasteiger partial charge is 0.0817 e. The Hall–Kier alpha value is -1.81. The molecule has 0 amide bonds. The predicted octanol–water partition coefficient (Wildman–Crippen LogP) is 1.53. The Bertz CT molecular complexity index is 532. The van der Waals surface area contributed by atoms with Gasteiger partial charge in [0, 0.05) is 38.6 Å². The molecule has 1 aromatic carbocycles. The fourth-order valence-corrected chi connectivity index (χ4v) is 2.43. The van der Waals surface area contributed by atoms with Crippen molar-refractivity contribution in [3.8, 4) is 0 Å². The van der Waals surface area contributed by atoms with E-state index in [0.717, 1.165) is 31.9 Å². The monoisotopic (exact) mass is 242 g/mol. The molecule has 3 rings (SSSR count). The molecule has 0 aliphatic carbocycles. The van der Waals surface area contributed by atoms with Gasteiger partial charge in [0.25, 0.3) is 0 Å². The van der Waals surface area contributed by atoms with E-state index in [1.165, 1.54) is 11.3 Å². The van der Waals surface area contributed by atoms with Crippen molar-refractivity contribution in [2.24, 2.45) is 7.05 Å². The standard InChI is InChI=1S/C14H18N4/c1-17-8-6-13(16-17)11-18-9-7-15-10-12-4-2-3-5-14(12)18/h2-6,8,15H,7,9-11H2,1H3. The zero-order valence-electron chi connectivity index (χ0n) is 10.6. The minimum atomic E-state index is 0.875. The minimum absolute atomic E-state index is 0.875. The van der Waals surface area contributed by atoms with Crippen LogP contribution < -0.4 is 10.2 Å². The van der Waals surface area contributed by atoms with Gasteiger partial charge in [-0.05, 0) is 17.7 Å². The highest BCUT2D eigenvalue weighted by Gasteiger charge is 2.15. The molecule has 18 heavy (non-hydrogen) atoms. The highest BCUT2D eigenvalue weighted by atomic mass is 15.3. The first-order valence-electron chi connectivity index (χ1n) is 6.35. The van der Waals surface area contributed by atoms with Crippen molar-refractivity contribution in [2.45, 2.75) is 13.1 Å². The number of benzene rings is 1. The SMILES string of the molecule is Cn1ccc(CN2CCNCc3ccccc32)n1. The molecular weight excluding hydrogens is 224 g/mol. The van der Waals surface area contributed by atoms with Crippen LogP contribution in [0.25, 0.3) is 0 Å². The summed E-state index contributed by atoms with van der Waals surface area (Å²) in [5, 5.41) is 7.92. The van der Waals surface area contributed by atoms with Gasteiger partial charge in [-0.25, -0.2) is 0 Å². The molecule has 0 saturated heterocycles. The minimum Gasteiger partial charge on any atom is -0.364 e. The summed E-state index contributed by atoms with van der Waals surface area (Å²) in [5.74, 6) is 0. The number of aryl methyl sites for hydroxylation is 1. The number of hydrogen-bond donors (Lipinski definition) is 1. The van der Waals surface area contributed by atoms with Crippen LogP contribution in [-0.4, -0.2) is 22.9 Å². The molecule has 1 aliphatic heterocycles. The third kappa shape index (κ3) is 2.24. The topological polar surface area (TPSA) is 33.1 Å². The van der Waals surface area contributed by atoms with Crippen molar-refractivity contribution in [3.63, 3.8) is 0 Å². The Morgan fingerprint density at radius 2 is 2.17 bits per heavy atom. The Kier molecular flexibility index (Phi) is 3.02. The predicted molar refractivity (Wildman–Crippen MR) is 72.4 cm³/mol. The zero-order valence-corrected chi connectivity index (χ0v) is 10.6. The number of hydrogen-bond acceptors (Lipinski definition) is 3. The number of rotatable bonds is 2. The molecule has 0 spiro atoms. The number of nitrogens with zero attached hydrogens (tertiary/aromatic N) is 3. The van der Waals surface area contributed by atoms with Crippen LogP contribution in [0, 0.1) is 0 Å². The molecule has 0 radical (unpaired) electrons. The van der Waals surface area contributed by atoms with Gasteiger partial charge < -0.3 is 10.2 Å². The van der Waals surface area contributed by atoms with E-state index in [9.17, 15) is 0 Å². The third-order valence-corrected chi connectivity index (χ3v) is 3.33. The van der Waals surface area contributed by atoms with Crippen LogP contribution in [0.2, 0.25) is 0 Å². The summed E-state index contributed by atoms with van der Waals surface area (Å²) in [6.07, 6.45) is 2.00. The zero-order chi connectivity index (χ0) is 12.4. The van der Waals surface area contributed by atoms with Gasteiger partial charge in [0.2, 0.25) is 0 Å². The van der Waals surface area contributed by atoms with Gasteiger partial charge in [-0.15, -0.1) is 0 Å². The molecule has 0 atom stereocenters. The quantitative estimate of drug-likeness (QED) is 0.867. The van der Waals surface area contributed by atoms with E-state index >= 15 is 0 Å². The lowest BCUT2D eigenvalue weighted by Crippen LogP contribution is -2.28. The number of anilines is 1. The lowest BCUT2D eigenvalue weighted by atomic mass is 10.1. The largest absolute Gasteiger partial charge is 0.364 e. The van der Waals surface area contributed by atoms with Crippen molar-refractivity contribution in [1.29, 1.82) is 0 Å². The van der Waals surface area contributed by atoms with Gasteiger partial charge in [0.15, 0.2) is 0 Å². The Labute approximate surface area is 107 Å². The van der Waals surface area contributed by atoms with Crippen molar-refractivity contribution in [2.75, 3.05) is 18.0 Å². The van der Waals surface area contributed by atoms with Crippen LogP contribution in [0.15, 0.2) is 36.5 Å². The normalized spacial score (nSPS) is 15.3. The fraction of sp³-hybridized carbons (Fsp3) is 0.357. The average Bonchev–Trinajstić information content (AvgIpc) is 2.68. The maximum Gasteiger partial charge on any atom is 0.0817 e. The molecule has 0 fully saturated rings. The molecule has 1 N–H and O–H groups in total. The van der Waals surface area contributed by atoms with Crippen LogP contribution in [-0.2, 0) is 20.1 Å². The van der Waals surface area contributed by atoms with E-state index in [0.29, 0.717) is 0 Å². The second-order valence-corrected chi connectivity index (χ2v) is 4.71. The molecule has 2 aromatic rings. The van der Waals surface area contributed by atoms with Gasteiger partial charge in [0.1, 0.15) is 0 Å². The van der Waals surface area contributed by atoms with Gasteiger partial charge in [0.05, 0.1) is 12.2 Å². The van der Waals surface area contributed by atoms with E-state index in [1.807, 2.05) is 17.9 Å². The van der Waals surface area contributed by atoms with E-state index in [2.05, 4.69) is 45.6 Å². The van der Waals surface area contributed by atoms with E-state index in [1.54, 1.807) is 0 Å². The van der Waals surface area contributed by atoms with Crippen molar-refractivity contribution in [3.05, 3.63) is 47.8 Å². The molecule has 0 unspecified atom stereocenters. The summed E-state index contributed by atoms with van der Waals surface area (Å²) in [6, 6.07) is 10.7. The van der Waals surface area contributed by atoms with E-state index in [4.69, 9.17) is 0 Å². The summed E-state index contributed by atoms with van der Waals surface area (Å²) in [6.45, 7) is 3.86. The van der Waals surface area contributed by atoms with Crippen molar-refractivity contribution < 1.29 is 0 Å². The lowest BCUT2D eigenvalue weighted by molar-refractivity contribution is 0.675. The summed E-state index contributed by atoms with van der Waals surface area (Å²) in [7, 11) is 1.96. The summed E-state index contributed by atoms with van der Waals surface area (Å²) < 4.78 is 1.86. The molecule has 1 aliphatic rings. The van der Waals surface area contributed by atoms with Gasteiger partial charge >= 0.3 is 0 Å². The molecule has 4 nitrogen and oxygen atoms in total. The van der Waals surface area contributed by atoms with Gasteiger partial charge in [-0.2, -0.15) is 5.10 Å². The molecule has 4 heteroatoms. The Morgan fingerprint density at radius 3 is 3.00 bits per heavy atom. The molecule has 94 valence electrons. The first kappa shape index (κ1) is 11.3. The number of fused-ring (bicyclic) bond motifs is 1. The third-order valence-electron chi connectivity index (χ3n) is 3.33. The molecule has 0 bridgehead atoms. The molecule has 2 heterocycles. The highest BCUT2D eigenvalue weighted by molar-refractivity contribution is 5.54. The van der Waals surface area contributed by atoms with Gasteiger partial charge in [-0.1, -0.05) is 18.2 Å². The maximum atomic E-state index is 4.46. The van der Waals surface area contributed by atoms with Crippen LogP contribution in [0.5, 0.6) is 0 Å². The van der Waals surface area contributed by atoms with Crippen LogP contribution >= 0.6 is 0 Å². The Morgan fingerprint density at radius 1 is 1.28 bits per heavy atom. The summed E-state index contributed by atoms with van der Waals surface area (Å²) >= 11 is 0. The maximum absolute atomic E-state index is 4.46. The molecule has 0 saturated carbocycles. The molecule has 1 aromatic heterocycles. The average molecular weight is 242 g/mol. The lowest BCUT2D eigenvalue weighted by Gasteiger charge is -2.23. The molecular formula is C14H18N4. The number of aromatic nitrogens is 2. The number of para-hydroxylation sites is 1. The number of nitrogens with one attached hydrogen (secondary N) is 1. The first-order chi connectivity index (χ1) is 8.83. The summed E-state index contributed by atoms with van der Waals surface area (Å²) in [4.78, 5) is 2.40. The van der Waals surface area contributed by atoms with E-state index in [-0.39, 0.29) is 0 Å². The second kappa shape index (κ2) is 4.82. The Balaban J connectivity index is 1.87. The van der Waals surface area contributed by atoms with Crippen molar-refractivity contribution in [1.82, 2.24) is 15.1 Å². The highest BCUT2D eigenvalue weighted by Crippen LogP contribution is 2.23. The van der Waals surface area contributed by atoms with Crippen molar-refractivity contribution >= 4 is 5.69 Å².